The lowest BCUT2D eigenvalue weighted by Crippen LogP contribution is -2.13. The lowest BCUT2D eigenvalue weighted by Gasteiger charge is -2.12. The summed E-state index contributed by atoms with van der Waals surface area (Å²) in [6.45, 7) is 1.30. The van der Waals surface area contributed by atoms with Gasteiger partial charge >= 0.3 is 0 Å². The van der Waals surface area contributed by atoms with E-state index in [1.54, 1.807) is 31.6 Å². The Labute approximate surface area is 166 Å². The molecule has 0 spiro atoms. The summed E-state index contributed by atoms with van der Waals surface area (Å²) in [7, 11) is 3.28. The summed E-state index contributed by atoms with van der Waals surface area (Å²) >= 11 is 13.8. The molecule has 0 saturated carbocycles. The number of rotatable bonds is 7. The highest BCUT2D eigenvalue weighted by molar-refractivity contribution is 7.15. The first kappa shape index (κ1) is 19.0. The van der Waals surface area contributed by atoms with E-state index in [1.165, 1.54) is 0 Å². The Morgan fingerprint density at radius 2 is 1.92 bits per heavy atom. The predicted octanol–water partition coefficient (Wildman–Crippen LogP) is 5.42. The number of nitrogens with one attached hydrogen (secondary N) is 1. The van der Waals surface area contributed by atoms with Crippen LogP contribution >= 0.6 is 34.5 Å². The Morgan fingerprint density at radius 1 is 1.08 bits per heavy atom. The van der Waals surface area contributed by atoms with E-state index in [-0.39, 0.29) is 0 Å². The lowest BCUT2D eigenvalue weighted by atomic mass is 10.2. The van der Waals surface area contributed by atoms with Gasteiger partial charge in [0.1, 0.15) is 5.01 Å². The van der Waals surface area contributed by atoms with Gasteiger partial charge in [-0.1, -0.05) is 41.4 Å². The van der Waals surface area contributed by atoms with Gasteiger partial charge in [0.2, 0.25) is 0 Å². The fraction of sp³-hybridized carbons (Fsp3) is 0.211. The molecule has 3 aromatic rings. The number of hydrogen-bond acceptors (Lipinski definition) is 5. The monoisotopic (exact) mass is 408 g/mol. The van der Waals surface area contributed by atoms with Gasteiger partial charge in [-0.15, -0.1) is 11.3 Å². The molecular weight excluding hydrogens is 391 g/mol. The summed E-state index contributed by atoms with van der Waals surface area (Å²) in [5.74, 6) is 1.47. The van der Waals surface area contributed by atoms with Crippen LogP contribution in [0.4, 0.5) is 0 Å². The van der Waals surface area contributed by atoms with Crippen molar-refractivity contribution in [3.05, 3.63) is 63.2 Å². The molecule has 0 atom stereocenters. The minimum Gasteiger partial charge on any atom is -0.493 e. The second kappa shape index (κ2) is 8.73. The highest BCUT2D eigenvalue weighted by Gasteiger charge is 2.11. The number of thiazole rings is 1. The first-order valence-electron chi connectivity index (χ1n) is 7.93. The minimum absolute atomic E-state index is 0.623. The SMILES string of the molecule is COc1cccc(CNCc2ncc(-c3ccc(Cl)cc3Cl)s2)c1OC. The van der Waals surface area contributed by atoms with Gasteiger partial charge in [-0.05, 0) is 18.2 Å². The van der Waals surface area contributed by atoms with E-state index in [1.807, 2.05) is 36.5 Å². The van der Waals surface area contributed by atoms with Crippen molar-refractivity contribution in [3.8, 4) is 21.9 Å². The molecule has 136 valence electrons. The maximum Gasteiger partial charge on any atom is 0.165 e. The number of methoxy groups -OCH3 is 2. The fourth-order valence-electron chi connectivity index (χ4n) is 2.60. The van der Waals surface area contributed by atoms with Gasteiger partial charge in [0.05, 0.1) is 24.1 Å². The van der Waals surface area contributed by atoms with E-state index < -0.39 is 0 Å². The molecule has 0 bridgehead atoms. The molecule has 26 heavy (non-hydrogen) atoms. The standard InChI is InChI=1S/C19H18Cl2N2O2S/c1-24-16-5-3-4-12(19(16)25-2)9-22-11-18-23-10-17(26-18)14-7-6-13(20)8-15(14)21/h3-8,10,22H,9,11H2,1-2H3. The topological polar surface area (TPSA) is 43.4 Å². The number of benzene rings is 2. The number of aromatic nitrogens is 1. The third-order valence-electron chi connectivity index (χ3n) is 3.83. The zero-order valence-electron chi connectivity index (χ0n) is 14.4. The van der Waals surface area contributed by atoms with E-state index in [4.69, 9.17) is 32.7 Å². The van der Waals surface area contributed by atoms with Crippen LogP contribution in [0.1, 0.15) is 10.6 Å². The predicted molar refractivity (Wildman–Crippen MR) is 108 cm³/mol. The molecule has 2 aromatic carbocycles. The average molecular weight is 409 g/mol. The lowest BCUT2D eigenvalue weighted by molar-refractivity contribution is 0.350. The maximum absolute atomic E-state index is 6.27. The molecule has 0 aliphatic rings. The first-order valence-corrected chi connectivity index (χ1v) is 9.50. The highest BCUT2D eigenvalue weighted by Crippen LogP contribution is 2.34. The van der Waals surface area contributed by atoms with Crippen molar-refractivity contribution < 1.29 is 9.47 Å². The summed E-state index contributed by atoms with van der Waals surface area (Å²) < 4.78 is 10.8. The van der Waals surface area contributed by atoms with Gasteiger partial charge in [0.15, 0.2) is 11.5 Å². The quantitative estimate of drug-likeness (QED) is 0.566. The van der Waals surface area contributed by atoms with E-state index in [0.29, 0.717) is 23.1 Å². The maximum atomic E-state index is 6.27. The summed E-state index contributed by atoms with van der Waals surface area (Å²) in [6.07, 6.45) is 1.84. The van der Waals surface area contributed by atoms with Crippen molar-refractivity contribution >= 4 is 34.5 Å². The Hall–Kier alpha value is -1.79. The number of para-hydroxylation sites is 1. The zero-order chi connectivity index (χ0) is 18.5. The minimum atomic E-state index is 0.623. The van der Waals surface area contributed by atoms with Crippen LogP contribution < -0.4 is 14.8 Å². The van der Waals surface area contributed by atoms with Crippen molar-refractivity contribution in [2.24, 2.45) is 0 Å². The van der Waals surface area contributed by atoms with Gasteiger partial charge in [0, 0.05) is 35.4 Å². The second-order valence-electron chi connectivity index (χ2n) is 5.50. The Bertz CT molecular complexity index is 899. The number of halogens is 2. The molecule has 0 radical (unpaired) electrons. The molecule has 0 aliphatic heterocycles. The zero-order valence-corrected chi connectivity index (χ0v) is 16.7. The number of ether oxygens (including phenoxy) is 2. The molecule has 1 heterocycles. The summed E-state index contributed by atoms with van der Waals surface area (Å²) in [5, 5.41) is 5.62. The van der Waals surface area contributed by atoms with Crippen LogP contribution in [0, 0.1) is 0 Å². The Morgan fingerprint density at radius 3 is 2.65 bits per heavy atom. The van der Waals surface area contributed by atoms with E-state index >= 15 is 0 Å². The molecule has 0 aliphatic carbocycles. The van der Waals surface area contributed by atoms with Crippen LogP contribution in [0.3, 0.4) is 0 Å². The molecule has 4 nitrogen and oxygen atoms in total. The summed E-state index contributed by atoms with van der Waals surface area (Å²) in [5.41, 5.74) is 1.97. The van der Waals surface area contributed by atoms with Crippen LogP contribution in [-0.4, -0.2) is 19.2 Å². The van der Waals surface area contributed by atoms with Gasteiger partial charge < -0.3 is 14.8 Å². The third-order valence-corrected chi connectivity index (χ3v) is 5.40. The van der Waals surface area contributed by atoms with Crippen LogP contribution in [0.25, 0.3) is 10.4 Å². The van der Waals surface area contributed by atoms with Crippen molar-refractivity contribution in [2.75, 3.05) is 14.2 Å². The second-order valence-corrected chi connectivity index (χ2v) is 7.46. The molecule has 7 heteroatoms. The first-order chi connectivity index (χ1) is 12.6. The van der Waals surface area contributed by atoms with Gasteiger partial charge in [-0.25, -0.2) is 4.98 Å². The highest BCUT2D eigenvalue weighted by atomic mass is 35.5. The van der Waals surface area contributed by atoms with Gasteiger partial charge in [-0.2, -0.15) is 0 Å². The molecular formula is C19H18Cl2N2O2S. The van der Waals surface area contributed by atoms with E-state index in [0.717, 1.165) is 32.5 Å². The Kier molecular flexibility index (Phi) is 6.38. The molecule has 1 aromatic heterocycles. The van der Waals surface area contributed by atoms with Gasteiger partial charge in [-0.3, -0.25) is 0 Å². The van der Waals surface area contributed by atoms with Crippen LogP contribution in [0.15, 0.2) is 42.6 Å². The van der Waals surface area contributed by atoms with Crippen LogP contribution in [0.5, 0.6) is 11.5 Å². The van der Waals surface area contributed by atoms with E-state index in [2.05, 4.69) is 10.3 Å². The van der Waals surface area contributed by atoms with Crippen molar-refractivity contribution in [1.82, 2.24) is 10.3 Å². The van der Waals surface area contributed by atoms with Crippen LogP contribution in [0.2, 0.25) is 10.0 Å². The number of hydrogen-bond donors (Lipinski definition) is 1. The normalized spacial score (nSPS) is 10.8. The molecule has 0 fully saturated rings. The fourth-order valence-corrected chi connectivity index (χ4v) is 4.10. The number of nitrogens with zero attached hydrogens (tertiary/aromatic N) is 1. The van der Waals surface area contributed by atoms with Crippen LogP contribution in [-0.2, 0) is 13.1 Å². The Balaban J connectivity index is 1.66. The average Bonchev–Trinajstić information content (AvgIpc) is 3.10. The molecule has 0 saturated heterocycles. The summed E-state index contributed by atoms with van der Waals surface area (Å²) in [6, 6.07) is 11.3. The third kappa shape index (κ3) is 4.30. The molecule has 0 unspecified atom stereocenters. The molecule has 3 rings (SSSR count). The summed E-state index contributed by atoms with van der Waals surface area (Å²) in [4.78, 5) is 5.49. The molecule has 1 N–H and O–H groups in total. The molecule has 0 amide bonds. The largest absolute Gasteiger partial charge is 0.493 e. The van der Waals surface area contributed by atoms with Crippen molar-refractivity contribution in [2.45, 2.75) is 13.1 Å². The van der Waals surface area contributed by atoms with Crippen molar-refractivity contribution in [1.29, 1.82) is 0 Å². The van der Waals surface area contributed by atoms with E-state index in [9.17, 15) is 0 Å². The smallest absolute Gasteiger partial charge is 0.165 e. The van der Waals surface area contributed by atoms with Gasteiger partial charge in [0.25, 0.3) is 0 Å². The van der Waals surface area contributed by atoms with Crippen molar-refractivity contribution in [3.63, 3.8) is 0 Å².